The molecule has 1 saturated heterocycles. The number of ether oxygens (including phenoxy) is 2. The van der Waals surface area contributed by atoms with Crippen LogP contribution in [0.5, 0.6) is 11.5 Å². The fourth-order valence-electron chi connectivity index (χ4n) is 3.88. The highest BCUT2D eigenvalue weighted by molar-refractivity contribution is 6.30. The summed E-state index contributed by atoms with van der Waals surface area (Å²) in [7, 11) is 0. The summed E-state index contributed by atoms with van der Waals surface area (Å²) in [4.78, 5) is 17.0. The van der Waals surface area contributed by atoms with Gasteiger partial charge in [0.1, 0.15) is 23.9 Å². The Hall–Kier alpha value is -3.25. The fourth-order valence-corrected chi connectivity index (χ4v) is 4.06. The fraction of sp³-hybridized carbons (Fsp3) is 0.269. The number of carbonyl (C=O) groups excluding carboxylic acids is 1. The number of amides is 1. The molecular formula is C26H26ClFN2O3. The standard InChI is InChI=1S/C26H26ClFN2O3/c1-2-32-25-11-10-19(16-20(25)18-33-22-7-5-6-21(27)17-22)26(31)30-14-12-29(13-15-30)24-9-4-3-8-23(24)28/h3-11,16-17H,2,12-15,18H2,1H3. The molecule has 0 aliphatic carbocycles. The number of anilines is 1. The molecule has 1 heterocycles. The van der Waals surface area contributed by atoms with Crippen molar-refractivity contribution in [2.45, 2.75) is 13.5 Å². The Labute approximate surface area is 198 Å². The van der Waals surface area contributed by atoms with Crippen LogP contribution in [0.15, 0.2) is 66.7 Å². The van der Waals surface area contributed by atoms with Gasteiger partial charge in [0.25, 0.3) is 5.91 Å². The van der Waals surface area contributed by atoms with Gasteiger partial charge < -0.3 is 19.3 Å². The van der Waals surface area contributed by atoms with Gasteiger partial charge in [0.15, 0.2) is 0 Å². The van der Waals surface area contributed by atoms with E-state index in [1.807, 2.05) is 42.2 Å². The highest BCUT2D eigenvalue weighted by Gasteiger charge is 2.24. The summed E-state index contributed by atoms with van der Waals surface area (Å²) >= 11 is 6.04. The Bertz CT molecular complexity index is 1120. The van der Waals surface area contributed by atoms with Crippen LogP contribution in [0.1, 0.15) is 22.8 Å². The number of carbonyl (C=O) groups is 1. The van der Waals surface area contributed by atoms with E-state index in [0.29, 0.717) is 60.6 Å². The number of hydrogen-bond acceptors (Lipinski definition) is 4. The van der Waals surface area contributed by atoms with Crippen molar-refractivity contribution < 1.29 is 18.7 Å². The molecule has 1 fully saturated rings. The van der Waals surface area contributed by atoms with E-state index in [-0.39, 0.29) is 18.3 Å². The number of benzene rings is 3. The van der Waals surface area contributed by atoms with Crippen LogP contribution < -0.4 is 14.4 Å². The van der Waals surface area contributed by atoms with E-state index >= 15 is 0 Å². The minimum Gasteiger partial charge on any atom is -0.493 e. The van der Waals surface area contributed by atoms with Crippen molar-refractivity contribution in [2.24, 2.45) is 0 Å². The van der Waals surface area contributed by atoms with Crippen LogP contribution in [0, 0.1) is 5.82 Å². The predicted octanol–water partition coefficient (Wildman–Crippen LogP) is 5.42. The van der Waals surface area contributed by atoms with Crippen molar-refractivity contribution >= 4 is 23.2 Å². The van der Waals surface area contributed by atoms with E-state index in [9.17, 15) is 9.18 Å². The number of hydrogen-bond donors (Lipinski definition) is 0. The number of rotatable bonds is 7. The lowest BCUT2D eigenvalue weighted by atomic mass is 10.1. The molecule has 172 valence electrons. The van der Waals surface area contributed by atoms with Crippen molar-refractivity contribution in [1.29, 1.82) is 0 Å². The van der Waals surface area contributed by atoms with E-state index in [4.69, 9.17) is 21.1 Å². The monoisotopic (exact) mass is 468 g/mol. The molecule has 1 amide bonds. The molecule has 4 rings (SSSR count). The molecule has 3 aromatic carbocycles. The maximum absolute atomic E-state index is 14.1. The van der Waals surface area contributed by atoms with E-state index in [2.05, 4.69) is 0 Å². The second kappa shape index (κ2) is 10.6. The van der Waals surface area contributed by atoms with Crippen molar-refractivity contribution in [3.63, 3.8) is 0 Å². The molecular weight excluding hydrogens is 443 g/mol. The van der Waals surface area contributed by atoms with Crippen molar-refractivity contribution in [1.82, 2.24) is 4.90 Å². The quantitative estimate of drug-likeness (QED) is 0.464. The van der Waals surface area contributed by atoms with Gasteiger partial charge in [0.05, 0.1) is 12.3 Å². The molecule has 0 spiro atoms. The first-order chi connectivity index (χ1) is 16.0. The van der Waals surface area contributed by atoms with Crippen molar-refractivity contribution in [3.05, 3.63) is 88.7 Å². The molecule has 0 radical (unpaired) electrons. The Balaban J connectivity index is 1.45. The third-order valence-corrected chi connectivity index (χ3v) is 5.79. The maximum Gasteiger partial charge on any atom is 0.253 e. The smallest absolute Gasteiger partial charge is 0.253 e. The predicted molar refractivity (Wildman–Crippen MR) is 128 cm³/mol. The minimum atomic E-state index is -0.242. The molecule has 1 aliphatic heterocycles. The van der Waals surface area contributed by atoms with Gasteiger partial charge in [0.2, 0.25) is 0 Å². The van der Waals surface area contributed by atoms with Gasteiger partial charge >= 0.3 is 0 Å². The Kier molecular flexibility index (Phi) is 7.35. The van der Waals surface area contributed by atoms with Crippen LogP contribution in [0.4, 0.5) is 10.1 Å². The lowest BCUT2D eigenvalue weighted by Crippen LogP contribution is -2.49. The third-order valence-electron chi connectivity index (χ3n) is 5.56. The molecule has 1 aliphatic rings. The molecule has 0 unspecified atom stereocenters. The van der Waals surface area contributed by atoms with Gasteiger partial charge in [-0.3, -0.25) is 4.79 Å². The summed E-state index contributed by atoms with van der Waals surface area (Å²) in [6.07, 6.45) is 0. The normalized spacial score (nSPS) is 13.7. The number of para-hydroxylation sites is 1. The molecule has 3 aromatic rings. The van der Waals surface area contributed by atoms with Gasteiger partial charge in [-0.2, -0.15) is 0 Å². The Morgan fingerprint density at radius 2 is 1.76 bits per heavy atom. The molecule has 33 heavy (non-hydrogen) atoms. The lowest BCUT2D eigenvalue weighted by Gasteiger charge is -2.36. The van der Waals surface area contributed by atoms with Gasteiger partial charge in [-0.15, -0.1) is 0 Å². The topological polar surface area (TPSA) is 42.0 Å². The van der Waals surface area contributed by atoms with Crippen LogP contribution in [0.25, 0.3) is 0 Å². The average molecular weight is 469 g/mol. The maximum atomic E-state index is 14.1. The summed E-state index contributed by atoms with van der Waals surface area (Å²) < 4.78 is 25.7. The number of halogens is 2. The highest BCUT2D eigenvalue weighted by Crippen LogP contribution is 2.26. The first-order valence-electron chi connectivity index (χ1n) is 11.0. The molecule has 0 atom stereocenters. The van der Waals surface area contributed by atoms with Crippen LogP contribution in [-0.2, 0) is 6.61 Å². The second-order valence-corrected chi connectivity index (χ2v) is 8.17. The van der Waals surface area contributed by atoms with E-state index in [1.54, 1.807) is 35.2 Å². The van der Waals surface area contributed by atoms with E-state index < -0.39 is 0 Å². The molecule has 7 heteroatoms. The SMILES string of the molecule is CCOc1ccc(C(=O)N2CCN(c3ccccc3F)CC2)cc1COc1cccc(Cl)c1. The largest absolute Gasteiger partial charge is 0.493 e. The molecule has 0 aromatic heterocycles. The summed E-state index contributed by atoms with van der Waals surface area (Å²) in [5.41, 5.74) is 1.93. The number of piperazine rings is 1. The van der Waals surface area contributed by atoms with Crippen molar-refractivity contribution in [3.8, 4) is 11.5 Å². The summed E-state index contributed by atoms with van der Waals surface area (Å²) in [6.45, 7) is 4.87. The second-order valence-electron chi connectivity index (χ2n) is 7.73. The van der Waals surface area contributed by atoms with Gasteiger partial charge in [-0.25, -0.2) is 4.39 Å². The lowest BCUT2D eigenvalue weighted by molar-refractivity contribution is 0.0746. The van der Waals surface area contributed by atoms with Crippen LogP contribution in [0.2, 0.25) is 5.02 Å². The zero-order valence-corrected chi connectivity index (χ0v) is 19.2. The van der Waals surface area contributed by atoms with E-state index in [1.165, 1.54) is 6.07 Å². The Morgan fingerprint density at radius 3 is 2.48 bits per heavy atom. The minimum absolute atomic E-state index is 0.0600. The third kappa shape index (κ3) is 5.57. The van der Waals surface area contributed by atoms with Crippen LogP contribution >= 0.6 is 11.6 Å². The highest BCUT2D eigenvalue weighted by atomic mass is 35.5. The molecule has 0 saturated carbocycles. The zero-order chi connectivity index (χ0) is 23.2. The van der Waals surface area contributed by atoms with Crippen LogP contribution in [-0.4, -0.2) is 43.6 Å². The Morgan fingerprint density at radius 1 is 0.970 bits per heavy atom. The first-order valence-corrected chi connectivity index (χ1v) is 11.4. The molecule has 5 nitrogen and oxygen atoms in total. The zero-order valence-electron chi connectivity index (χ0n) is 18.5. The van der Waals surface area contributed by atoms with Gasteiger partial charge in [0, 0.05) is 42.3 Å². The average Bonchev–Trinajstić information content (AvgIpc) is 2.84. The summed E-state index contributed by atoms with van der Waals surface area (Å²) in [5, 5.41) is 0.594. The van der Waals surface area contributed by atoms with E-state index in [0.717, 1.165) is 5.56 Å². The van der Waals surface area contributed by atoms with Crippen LogP contribution in [0.3, 0.4) is 0 Å². The van der Waals surface area contributed by atoms with Crippen molar-refractivity contribution in [2.75, 3.05) is 37.7 Å². The summed E-state index contributed by atoms with van der Waals surface area (Å²) in [6, 6.07) is 19.3. The number of nitrogens with zero attached hydrogens (tertiary/aromatic N) is 2. The summed E-state index contributed by atoms with van der Waals surface area (Å²) in [5.74, 6) is 1.02. The van der Waals surface area contributed by atoms with Gasteiger partial charge in [-0.1, -0.05) is 29.8 Å². The van der Waals surface area contributed by atoms with Gasteiger partial charge in [-0.05, 0) is 55.5 Å². The molecule has 0 N–H and O–H groups in total. The molecule has 0 bridgehead atoms. The first kappa shape index (κ1) is 22.9.